The first-order valence-electron chi connectivity index (χ1n) is 7.24. The first-order valence-corrected chi connectivity index (χ1v) is 7.24. The molecule has 20 heavy (non-hydrogen) atoms. The lowest BCUT2D eigenvalue weighted by Gasteiger charge is -2.34. The molecule has 1 aromatic rings. The minimum atomic E-state index is -0.135. The zero-order valence-electron chi connectivity index (χ0n) is 12.3. The molecule has 1 unspecified atom stereocenters. The molecule has 0 radical (unpaired) electrons. The lowest BCUT2D eigenvalue weighted by Crippen LogP contribution is -2.40. The Hall–Kier alpha value is -1.39. The van der Waals surface area contributed by atoms with Crippen molar-refractivity contribution in [1.29, 1.82) is 0 Å². The van der Waals surface area contributed by atoms with Crippen molar-refractivity contribution in [3.63, 3.8) is 0 Å². The minimum absolute atomic E-state index is 0.0820. The van der Waals surface area contributed by atoms with Crippen molar-refractivity contribution in [3.8, 4) is 0 Å². The van der Waals surface area contributed by atoms with Crippen molar-refractivity contribution in [2.75, 3.05) is 32.9 Å². The number of carbonyl (C=O) groups is 1. The molecule has 1 aromatic carbocycles. The first kappa shape index (κ1) is 15.0. The van der Waals surface area contributed by atoms with Gasteiger partial charge in [-0.25, -0.2) is 0 Å². The highest BCUT2D eigenvalue weighted by atomic mass is 16.5. The van der Waals surface area contributed by atoms with Crippen molar-refractivity contribution in [2.45, 2.75) is 26.3 Å². The van der Waals surface area contributed by atoms with E-state index in [1.54, 1.807) is 0 Å². The van der Waals surface area contributed by atoms with Crippen LogP contribution >= 0.6 is 0 Å². The third-order valence-corrected chi connectivity index (χ3v) is 3.61. The molecule has 110 valence electrons. The van der Waals surface area contributed by atoms with E-state index in [0.717, 1.165) is 26.3 Å². The summed E-state index contributed by atoms with van der Waals surface area (Å²) in [6.45, 7) is 7.52. The van der Waals surface area contributed by atoms with E-state index in [2.05, 4.69) is 36.1 Å². The molecular formula is C16H23NO3. The predicted molar refractivity (Wildman–Crippen MR) is 77.6 cm³/mol. The van der Waals surface area contributed by atoms with Crippen LogP contribution in [-0.4, -0.2) is 43.8 Å². The highest BCUT2D eigenvalue weighted by Crippen LogP contribution is 2.26. The average molecular weight is 277 g/mol. The third kappa shape index (κ3) is 4.05. The topological polar surface area (TPSA) is 38.8 Å². The number of aryl methyl sites for hydroxylation is 1. The molecule has 4 heteroatoms. The molecular weight excluding hydrogens is 254 g/mol. The summed E-state index contributed by atoms with van der Waals surface area (Å²) in [4.78, 5) is 14.2. The van der Waals surface area contributed by atoms with Gasteiger partial charge in [0.2, 0.25) is 0 Å². The summed E-state index contributed by atoms with van der Waals surface area (Å²) >= 11 is 0. The van der Waals surface area contributed by atoms with E-state index >= 15 is 0 Å². The lowest BCUT2D eigenvalue weighted by molar-refractivity contribution is -0.145. The number of nitrogens with zero attached hydrogens (tertiary/aromatic N) is 1. The van der Waals surface area contributed by atoms with Gasteiger partial charge >= 0.3 is 5.97 Å². The van der Waals surface area contributed by atoms with Crippen molar-refractivity contribution < 1.29 is 14.3 Å². The summed E-state index contributed by atoms with van der Waals surface area (Å²) < 4.78 is 10.5. The molecule has 1 aliphatic rings. The Balaban J connectivity index is 2.13. The first-order chi connectivity index (χ1) is 9.70. The fourth-order valence-electron chi connectivity index (χ4n) is 2.51. The summed E-state index contributed by atoms with van der Waals surface area (Å²) in [6.07, 6.45) is 0.400. The van der Waals surface area contributed by atoms with Crippen LogP contribution in [0, 0.1) is 6.92 Å². The predicted octanol–water partition coefficient (Wildman–Crippen LogP) is 2.32. The molecule has 0 N–H and O–H groups in total. The van der Waals surface area contributed by atoms with Crippen molar-refractivity contribution in [3.05, 3.63) is 35.4 Å². The minimum Gasteiger partial charge on any atom is -0.466 e. The SMILES string of the molecule is CCOC(=O)CC(c1ccc(C)cc1)N1CCOCC1. The average Bonchev–Trinajstić information content (AvgIpc) is 2.47. The van der Waals surface area contributed by atoms with Crippen LogP contribution in [-0.2, 0) is 14.3 Å². The molecule has 1 fully saturated rings. The molecule has 1 saturated heterocycles. The van der Waals surface area contributed by atoms with E-state index in [9.17, 15) is 4.79 Å². The van der Waals surface area contributed by atoms with Crippen molar-refractivity contribution >= 4 is 5.97 Å². The molecule has 1 aliphatic heterocycles. The Kier molecular flexibility index (Phi) is 5.56. The molecule has 0 amide bonds. The van der Waals surface area contributed by atoms with Crippen LogP contribution in [0.5, 0.6) is 0 Å². The van der Waals surface area contributed by atoms with Crippen LogP contribution in [0.4, 0.5) is 0 Å². The Morgan fingerprint density at radius 3 is 2.55 bits per heavy atom. The second-order valence-corrected chi connectivity index (χ2v) is 5.08. The van der Waals surface area contributed by atoms with E-state index < -0.39 is 0 Å². The quantitative estimate of drug-likeness (QED) is 0.774. The molecule has 0 aliphatic carbocycles. The van der Waals surface area contributed by atoms with Gasteiger partial charge in [0.05, 0.1) is 26.2 Å². The maximum absolute atomic E-state index is 11.9. The van der Waals surface area contributed by atoms with Crippen LogP contribution in [0.2, 0.25) is 0 Å². The summed E-state index contributed by atoms with van der Waals surface area (Å²) in [5, 5.41) is 0. The van der Waals surface area contributed by atoms with Gasteiger partial charge in [-0.2, -0.15) is 0 Å². The van der Waals surface area contributed by atoms with E-state index in [0.29, 0.717) is 13.0 Å². The largest absolute Gasteiger partial charge is 0.466 e. The van der Waals surface area contributed by atoms with Gasteiger partial charge in [0.25, 0.3) is 0 Å². The third-order valence-electron chi connectivity index (χ3n) is 3.61. The van der Waals surface area contributed by atoms with Gasteiger partial charge in [-0.1, -0.05) is 29.8 Å². The number of esters is 1. The van der Waals surface area contributed by atoms with Crippen LogP contribution in [0.15, 0.2) is 24.3 Å². The maximum atomic E-state index is 11.9. The Labute approximate surface area is 120 Å². The molecule has 0 aromatic heterocycles. The van der Waals surface area contributed by atoms with Crippen molar-refractivity contribution in [1.82, 2.24) is 4.90 Å². The van der Waals surface area contributed by atoms with Crippen LogP contribution in [0.25, 0.3) is 0 Å². The standard InChI is InChI=1S/C16H23NO3/c1-3-20-16(18)12-15(17-8-10-19-11-9-17)14-6-4-13(2)5-7-14/h4-7,15H,3,8-12H2,1-2H3. The summed E-state index contributed by atoms with van der Waals surface area (Å²) in [5.74, 6) is -0.135. The number of morpholine rings is 1. The van der Waals surface area contributed by atoms with Gasteiger partial charge in [0.15, 0.2) is 0 Å². The highest BCUT2D eigenvalue weighted by Gasteiger charge is 2.25. The lowest BCUT2D eigenvalue weighted by atomic mass is 10.0. The maximum Gasteiger partial charge on any atom is 0.307 e. The van der Waals surface area contributed by atoms with E-state index in [4.69, 9.17) is 9.47 Å². The monoisotopic (exact) mass is 277 g/mol. The number of ether oxygens (including phenoxy) is 2. The zero-order chi connectivity index (χ0) is 14.4. The summed E-state index contributed by atoms with van der Waals surface area (Å²) in [6, 6.07) is 8.48. The van der Waals surface area contributed by atoms with Crippen LogP contribution in [0.1, 0.15) is 30.5 Å². The molecule has 1 heterocycles. The zero-order valence-corrected chi connectivity index (χ0v) is 12.3. The Bertz CT molecular complexity index is 424. The number of hydrogen-bond acceptors (Lipinski definition) is 4. The number of carbonyl (C=O) groups excluding carboxylic acids is 1. The van der Waals surface area contributed by atoms with Gasteiger partial charge in [-0.15, -0.1) is 0 Å². The van der Waals surface area contributed by atoms with E-state index in [-0.39, 0.29) is 12.0 Å². The van der Waals surface area contributed by atoms with Crippen LogP contribution in [0.3, 0.4) is 0 Å². The molecule has 4 nitrogen and oxygen atoms in total. The molecule has 2 rings (SSSR count). The fraction of sp³-hybridized carbons (Fsp3) is 0.562. The second kappa shape index (κ2) is 7.41. The van der Waals surface area contributed by atoms with Gasteiger partial charge in [0.1, 0.15) is 0 Å². The fourth-order valence-corrected chi connectivity index (χ4v) is 2.51. The Morgan fingerprint density at radius 1 is 1.30 bits per heavy atom. The Morgan fingerprint density at radius 2 is 1.95 bits per heavy atom. The van der Waals surface area contributed by atoms with Crippen molar-refractivity contribution in [2.24, 2.45) is 0 Å². The number of hydrogen-bond donors (Lipinski definition) is 0. The summed E-state index contributed by atoms with van der Waals surface area (Å²) in [7, 11) is 0. The number of benzene rings is 1. The van der Waals surface area contributed by atoms with E-state index in [1.807, 2.05) is 6.92 Å². The second-order valence-electron chi connectivity index (χ2n) is 5.08. The van der Waals surface area contributed by atoms with Gasteiger partial charge < -0.3 is 9.47 Å². The summed E-state index contributed by atoms with van der Waals surface area (Å²) in [5.41, 5.74) is 2.40. The molecule has 0 spiro atoms. The van der Waals surface area contributed by atoms with Gasteiger partial charge in [0, 0.05) is 19.1 Å². The van der Waals surface area contributed by atoms with Crippen LogP contribution < -0.4 is 0 Å². The molecule has 1 atom stereocenters. The smallest absolute Gasteiger partial charge is 0.307 e. The molecule has 0 bridgehead atoms. The molecule has 0 saturated carbocycles. The number of rotatable bonds is 5. The highest BCUT2D eigenvalue weighted by molar-refractivity contribution is 5.70. The van der Waals surface area contributed by atoms with Gasteiger partial charge in [-0.3, -0.25) is 9.69 Å². The normalized spacial score (nSPS) is 17.7. The van der Waals surface area contributed by atoms with Gasteiger partial charge in [-0.05, 0) is 19.4 Å². The van der Waals surface area contributed by atoms with E-state index in [1.165, 1.54) is 11.1 Å².